The molecule has 0 aliphatic carbocycles. The standard InChI is InChI=1S/C9H14N4O2/c1-6(2)4-15-8-3-7(9(10)13-14)11-5-12-8/h3,5-6,14H,4H2,1-2H3,(H2,10,13). The second-order valence-corrected chi connectivity index (χ2v) is 3.43. The third-order valence-corrected chi connectivity index (χ3v) is 1.58. The van der Waals surface area contributed by atoms with Crippen LogP contribution in [0.15, 0.2) is 17.5 Å². The van der Waals surface area contributed by atoms with E-state index in [1.54, 1.807) is 0 Å². The maximum Gasteiger partial charge on any atom is 0.217 e. The molecule has 0 spiro atoms. The van der Waals surface area contributed by atoms with Crippen LogP contribution in [-0.4, -0.2) is 27.6 Å². The fourth-order valence-electron chi connectivity index (χ4n) is 0.862. The highest BCUT2D eigenvalue weighted by Gasteiger charge is 2.04. The van der Waals surface area contributed by atoms with E-state index in [1.807, 2.05) is 13.8 Å². The Morgan fingerprint density at radius 1 is 1.60 bits per heavy atom. The Labute approximate surface area is 87.8 Å². The topological polar surface area (TPSA) is 93.6 Å². The number of hydrogen-bond acceptors (Lipinski definition) is 5. The summed E-state index contributed by atoms with van der Waals surface area (Å²) in [7, 11) is 0. The molecular weight excluding hydrogens is 196 g/mol. The van der Waals surface area contributed by atoms with Gasteiger partial charge in [0.1, 0.15) is 12.0 Å². The zero-order valence-electron chi connectivity index (χ0n) is 8.71. The molecule has 82 valence electrons. The van der Waals surface area contributed by atoms with Crippen LogP contribution in [0.1, 0.15) is 19.5 Å². The Bertz CT molecular complexity index is 352. The summed E-state index contributed by atoms with van der Waals surface area (Å²) < 4.78 is 5.36. The van der Waals surface area contributed by atoms with Crippen molar-refractivity contribution < 1.29 is 9.94 Å². The number of nitrogens with zero attached hydrogens (tertiary/aromatic N) is 3. The summed E-state index contributed by atoms with van der Waals surface area (Å²) in [4.78, 5) is 7.73. The molecule has 1 aromatic heterocycles. The molecule has 1 rings (SSSR count). The first-order valence-electron chi connectivity index (χ1n) is 4.56. The van der Waals surface area contributed by atoms with Gasteiger partial charge in [-0.25, -0.2) is 9.97 Å². The fourth-order valence-corrected chi connectivity index (χ4v) is 0.862. The number of amidine groups is 1. The molecule has 1 heterocycles. The Balaban J connectivity index is 2.74. The molecule has 0 saturated heterocycles. The van der Waals surface area contributed by atoms with Crippen molar-refractivity contribution in [3.63, 3.8) is 0 Å². The normalized spacial score (nSPS) is 11.8. The largest absolute Gasteiger partial charge is 0.477 e. The van der Waals surface area contributed by atoms with Crippen LogP contribution in [-0.2, 0) is 0 Å². The summed E-state index contributed by atoms with van der Waals surface area (Å²) in [5.41, 5.74) is 5.71. The van der Waals surface area contributed by atoms with E-state index in [9.17, 15) is 0 Å². The number of ether oxygens (including phenoxy) is 1. The minimum atomic E-state index is -0.0632. The van der Waals surface area contributed by atoms with Crippen LogP contribution in [0, 0.1) is 5.92 Å². The Kier molecular flexibility index (Phi) is 3.84. The molecule has 0 aliphatic rings. The summed E-state index contributed by atoms with van der Waals surface area (Å²) >= 11 is 0. The minimum absolute atomic E-state index is 0.0632. The van der Waals surface area contributed by atoms with E-state index in [-0.39, 0.29) is 5.84 Å². The van der Waals surface area contributed by atoms with E-state index in [1.165, 1.54) is 12.4 Å². The smallest absolute Gasteiger partial charge is 0.217 e. The third-order valence-electron chi connectivity index (χ3n) is 1.58. The van der Waals surface area contributed by atoms with Crippen molar-refractivity contribution in [2.45, 2.75) is 13.8 Å². The summed E-state index contributed by atoms with van der Waals surface area (Å²) in [5.74, 6) is 0.763. The summed E-state index contributed by atoms with van der Waals surface area (Å²) in [5, 5.41) is 11.3. The van der Waals surface area contributed by atoms with Gasteiger partial charge in [0.05, 0.1) is 6.61 Å². The van der Waals surface area contributed by atoms with Crippen molar-refractivity contribution >= 4 is 5.84 Å². The lowest BCUT2D eigenvalue weighted by Gasteiger charge is -2.07. The highest BCUT2D eigenvalue weighted by Crippen LogP contribution is 2.08. The van der Waals surface area contributed by atoms with Gasteiger partial charge in [-0.1, -0.05) is 19.0 Å². The monoisotopic (exact) mass is 210 g/mol. The van der Waals surface area contributed by atoms with Gasteiger partial charge >= 0.3 is 0 Å². The molecule has 6 heteroatoms. The predicted octanol–water partition coefficient (Wildman–Crippen LogP) is 0.606. The third kappa shape index (κ3) is 3.41. The van der Waals surface area contributed by atoms with E-state index in [4.69, 9.17) is 15.7 Å². The SMILES string of the molecule is CC(C)COc1cc(/C(N)=N\O)ncn1. The summed E-state index contributed by atoms with van der Waals surface area (Å²) in [6.07, 6.45) is 1.31. The molecule has 3 N–H and O–H groups in total. The van der Waals surface area contributed by atoms with Gasteiger partial charge in [0, 0.05) is 6.07 Å². The first-order chi connectivity index (χ1) is 7.13. The van der Waals surface area contributed by atoms with Crippen molar-refractivity contribution in [1.82, 2.24) is 9.97 Å². The van der Waals surface area contributed by atoms with Crippen LogP contribution < -0.4 is 10.5 Å². The molecule has 0 aliphatic heterocycles. The molecule has 0 unspecified atom stereocenters. The number of rotatable bonds is 4. The first-order valence-corrected chi connectivity index (χ1v) is 4.56. The fraction of sp³-hybridized carbons (Fsp3) is 0.444. The average Bonchev–Trinajstić information content (AvgIpc) is 2.25. The van der Waals surface area contributed by atoms with Gasteiger partial charge in [-0.15, -0.1) is 0 Å². The van der Waals surface area contributed by atoms with E-state index < -0.39 is 0 Å². The first kappa shape index (κ1) is 11.2. The molecule has 0 atom stereocenters. The molecule has 0 amide bonds. The zero-order chi connectivity index (χ0) is 11.3. The van der Waals surface area contributed by atoms with Crippen LogP contribution in [0.3, 0.4) is 0 Å². The van der Waals surface area contributed by atoms with E-state index in [0.29, 0.717) is 24.1 Å². The molecule has 6 nitrogen and oxygen atoms in total. The molecule has 15 heavy (non-hydrogen) atoms. The van der Waals surface area contributed by atoms with Gasteiger partial charge in [-0.3, -0.25) is 0 Å². The molecular formula is C9H14N4O2. The van der Waals surface area contributed by atoms with Crippen LogP contribution in [0.4, 0.5) is 0 Å². The molecule has 0 saturated carbocycles. The summed E-state index contributed by atoms with van der Waals surface area (Å²) in [6, 6.07) is 1.53. The van der Waals surface area contributed by atoms with Crippen LogP contribution in [0.5, 0.6) is 5.88 Å². The minimum Gasteiger partial charge on any atom is -0.477 e. The van der Waals surface area contributed by atoms with Crippen molar-refractivity contribution in [2.24, 2.45) is 16.8 Å². The van der Waals surface area contributed by atoms with Crippen molar-refractivity contribution in [2.75, 3.05) is 6.61 Å². The van der Waals surface area contributed by atoms with Gasteiger partial charge in [0.15, 0.2) is 5.84 Å². The highest BCUT2D eigenvalue weighted by molar-refractivity contribution is 5.95. The van der Waals surface area contributed by atoms with Gasteiger partial charge in [0.25, 0.3) is 0 Å². The van der Waals surface area contributed by atoms with E-state index in [2.05, 4.69) is 15.1 Å². The lowest BCUT2D eigenvalue weighted by atomic mass is 10.2. The molecule has 0 bridgehead atoms. The van der Waals surface area contributed by atoms with Crippen LogP contribution >= 0.6 is 0 Å². The second kappa shape index (κ2) is 5.14. The van der Waals surface area contributed by atoms with E-state index in [0.717, 1.165) is 0 Å². The van der Waals surface area contributed by atoms with Crippen LogP contribution in [0.2, 0.25) is 0 Å². The van der Waals surface area contributed by atoms with E-state index >= 15 is 0 Å². The zero-order valence-corrected chi connectivity index (χ0v) is 8.71. The highest BCUT2D eigenvalue weighted by atomic mass is 16.5. The van der Waals surface area contributed by atoms with Gasteiger partial charge in [-0.05, 0) is 5.92 Å². The number of oxime groups is 1. The lowest BCUT2D eigenvalue weighted by molar-refractivity contribution is 0.261. The number of nitrogens with two attached hydrogens (primary N) is 1. The van der Waals surface area contributed by atoms with Crippen molar-refractivity contribution in [3.8, 4) is 5.88 Å². The maximum absolute atomic E-state index is 8.46. The van der Waals surface area contributed by atoms with Crippen molar-refractivity contribution in [1.29, 1.82) is 0 Å². The Hall–Kier alpha value is -1.85. The molecule has 1 aromatic rings. The molecule has 0 aromatic carbocycles. The van der Waals surface area contributed by atoms with Crippen LogP contribution in [0.25, 0.3) is 0 Å². The molecule has 0 fully saturated rings. The van der Waals surface area contributed by atoms with Gasteiger partial charge in [-0.2, -0.15) is 0 Å². The quantitative estimate of drug-likeness (QED) is 0.328. The van der Waals surface area contributed by atoms with Gasteiger partial charge < -0.3 is 15.7 Å². The maximum atomic E-state index is 8.46. The van der Waals surface area contributed by atoms with Gasteiger partial charge in [0.2, 0.25) is 5.88 Å². The average molecular weight is 210 g/mol. The predicted molar refractivity (Wildman–Crippen MR) is 54.9 cm³/mol. The lowest BCUT2D eigenvalue weighted by Crippen LogP contribution is -2.15. The van der Waals surface area contributed by atoms with Crippen molar-refractivity contribution in [3.05, 3.63) is 18.1 Å². The Morgan fingerprint density at radius 2 is 2.33 bits per heavy atom. The summed E-state index contributed by atoms with van der Waals surface area (Å²) in [6.45, 7) is 4.63. The second-order valence-electron chi connectivity index (χ2n) is 3.43. The number of aromatic nitrogens is 2. The number of hydrogen-bond donors (Lipinski definition) is 2. The molecule has 0 radical (unpaired) electrons. The Morgan fingerprint density at radius 3 is 2.93 bits per heavy atom.